The van der Waals surface area contributed by atoms with Crippen LogP contribution in [0.5, 0.6) is 0 Å². The zero-order chi connectivity index (χ0) is 19.6. The summed E-state index contributed by atoms with van der Waals surface area (Å²) in [6, 6.07) is 6.18. The van der Waals surface area contributed by atoms with Crippen LogP contribution in [0.3, 0.4) is 0 Å². The zero-order valence-electron chi connectivity index (χ0n) is 16.1. The molecule has 2 N–H and O–H groups in total. The number of unbranched alkanes of at least 4 members (excludes halogenated alkanes) is 2. The molecule has 0 aliphatic rings. The van der Waals surface area contributed by atoms with Crippen LogP contribution in [-0.2, 0) is 16.0 Å². The SMILES string of the molecule is CCCCCNC(=O)C(Cc1ccc(C=O)cc1)NC(=O)OC(C)(C)C. The molecule has 0 saturated carbocycles. The van der Waals surface area contributed by atoms with E-state index in [1.165, 1.54) is 0 Å². The van der Waals surface area contributed by atoms with Gasteiger partial charge in [-0.3, -0.25) is 9.59 Å². The summed E-state index contributed by atoms with van der Waals surface area (Å²) in [4.78, 5) is 35.3. The van der Waals surface area contributed by atoms with Crippen LogP contribution in [0.2, 0.25) is 0 Å². The van der Waals surface area contributed by atoms with Crippen LogP contribution in [-0.4, -0.2) is 36.5 Å². The van der Waals surface area contributed by atoms with Gasteiger partial charge in [-0.25, -0.2) is 4.79 Å². The van der Waals surface area contributed by atoms with E-state index in [1.54, 1.807) is 45.0 Å². The van der Waals surface area contributed by atoms with Crippen LogP contribution in [0, 0.1) is 0 Å². The predicted octanol–water partition coefficient (Wildman–Crippen LogP) is 3.24. The summed E-state index contributed by atoms with van der Waals surface area (Å²) < 4.78 is 5.26. The Morgan fingerprint density at radius 3 is 2.35 bits per heavy atom. The maximum absolute atomic E-state index is 12.5. The number of hydrogen-bond donors (Lipinski definition) is 2. The molecule has 0 fully saturated rings. The summed E-state index contributed by atoms with van der Waals surface area (Å²) >= 11 is 0. The van der Waals surface area contributed by atoms with Gasteiger partial charge in [-0.2, -0.15) is 0 Å². The first-order valence-corrected chi connectivity index (χ1v) is 9.06. The highest BCUT2D eigenvalue weighted by Crippen LogP contribution is 2.09. The fourth-order valence-corrected chi connectivity index (χ4v) is 2.34. The molecule has 144 valence electrons. The third kappa shape index (κ3) is 8.65. The Labute approximate surface area is 155 Å². The van der Waals surface area contributed by atoms with Crippen LogP contribution in [0.4, 0.5) is 4.79 Å². The molecular formula is C20H30N2O4. The highest BCUT2D eigenvalue weighted by Gasteiger charge is 2.24. The molecule has 1 rings (SSSR count). The lowest BCUT2D eigenvalue weighted by Crippen LogP contribution is -2.49. The summed E-state index contributed by atoms with van der Waals surface area (Å²) in [5.41, 5.74) is 0.771. The molecule has 0 saturated heterocycles. The summed E-state index contributed by atoms with van der Waals surface area (Å²) in [5, 5.41) is 5.51. The van der Waals surface area contributed by atoms with Gasteiger partial charge < -0.3 is 15.4 Å². The third-order valence-electron chi connectivity index (χ3n) is 3.64. The summed E-state index contributed by atoms with van der Waals surface area (Å²) in [7, 11) is 0. The van der Waals surface area contributed by atoms with Crippen LogP contribution in [0.15, 0.2) is 24.3 Å². The fraction of sp³-hybridized carbons (Fsp3) is 0.550. The van der Waals surface area contributed by atoms with Crippen molar-refractivity contribution in [2.24, 2.45) is 0 Å². The molecule has 26 heavy (non-hydrogen) atoms. The minimum absolute atomic E-state index is 0.244. The molecule has 0 heterocycles. The smallest absolute Gasteiger partial charge is 0.408 e. The number of amides is 2. The highest BCUT2D eigenvalue weighted by atomic mass is 16.6. The van der Waals surface area contributed by atoms with Gasteiger partial charge in [0.25, 0.3) is 0 Å². The van der Waals surface area contributed by atoms with E-state index >= 15 is 0 Å². The molecule has 1 aromatic rings. The number of carbonyl (C=O) groups excluding carboxylic acids is 3. The molecule has 6 nitrogen and oxygen atoms in total. The van der Waals surface area contributed by atoms with Gasteiger partial charge in [0.1, 0.15) is 17.9 Å². The van der Waals surface area contributed by atoms with E-state index in [-0.39, 0.29) is 5.91 Å². The number of benzene rings is 1. The highest BCUT2D eigenvalue weighted by molar-refractivity contribution is 5.86. The van der Waals surface area contributed by atoms with Gasteiger partial charge in [-0.05, 0) is 32.8 Å². The molecule has 0 radical (unpaired) electrons. The number of alkyl carbamates (subject to hydrolysis) is 1. The van der Waals surface area contributed by atoms with Crippen LogP contribution in [0.25, 0.3) is 0 Å². The number of ether oxygens (including phenoxy) is 1. The average Bonchev–Trinajstić information content (AvgIpc) is 2.57. The average molecular weight is 362 g/mol. The summed E-state index contributed by atoms with van der Waals surface area (Å²) in [6.45, 7) is 7.97. The van der Waals surface area contributed by atoms with Crippen LogP contribution < -0.4 is 10.6 Å². The standard InChI is InChI=1S/C20H30N2O4/c1-5-6-7-12-21-18(24)17(22-19(25)26-20(2,3)4)13-15-8-10-16(14-23)11-9-15/h8-11,14,17H,5-7,12-13H2,1-4H3,(H,21,24)(H,22,25). The quantitative estimate of drug-likeness (QED) is 0.522. The van der Waals surface area contributed by atoms with Crippen molar-refractivity contribution >= 4 is 18.3 Å². The summed E-state index contributed by atoms with van der Waals surface area (Å²) in [6.07, 6.45) is 3.46. The minimum atomic E-state index is -0.742. The van der Waals surface area contributed by atoms with E-state index in [9.17, 15) is 14.4 Å². The minimum Gasteiger partial charge on any atom is -0.444 e. The summed E-state index contributed by atoms with van der Waals surface area (Å²) in [5.74, 6) is -0.244. The second-order valence-electron chi connectivity index (χ2n) is 7.26. The van der Waals surface area contributed by atoms with Crippen molar-refractivity contribution < 1.29 is 19.1 Å². The van der Waals surface area contributed by atoms with Gasteiger partial charge in [0, 0.05) is 18.5 Å². The number of rotatable bonds is 9. The second-order valence-corrected chi connectivity index (χ2v) is 7.26. The van der Waals surface area contributed by atoms with Gasteiger partial charge >= 0.3 is 6.09 Å². The van der Waals surface area contributed by atoms with Crippen molar-refractivity contribution in [3.8, 4) is 0 Å². The first kappa shape index (κ1) is 21.7. The molecule has 2 amide bonds. The van der Waals surface area contributed by atoms with E-state index in [2.05, 4.69) is 17.6 Å². The molecule has 0 aliphatic heterocycles. The lowest BCUT2D eigenvalue weighted by molar-refractivity contribution is -0.123. The lowest BCUT2D eigenvalue weighted by Gasteiger charge is -2.23. The second kappa shape index (κ2) is 10.6. The number of hydrogen-bond acceptors (Lipinski definition) is 4. The Balaban J connectivity index is 2.76. The third-order valence-corrected chi connectivity index (χ3v) is 3.64. The van der Waals surface area contributed by atoms with Crippen molar-refractivity contribution in [3.63, 3.8) is 0 Å². The topological polar surface area (TPSA) is 84.5 Å². The largest absolute Gasteiger partial charge is 0.444 e. The first-order valence-electron chi connectivity index (χ1n) is 9.06. The normalized spacial score (nSPS) is 12.2. The Morgan fingerprint density at radius 1 is 1.15 bits per heavy atom. The zero-order valence-corrected chi connectivity index (χ0v) is 16.1. The van der Waals surface area contributed by atoms with E-state index in [1.807, 2.05) is 0 Å². The number of carbonyl (C=O) groups is 3. The van der Waals surface area contributed by atoms with Gasteiger partial charge in [-0.1, -0.05) is 44.0 Å². The Bertz CT molecular complexity index is 591. The van der Waals surface area contributed by atoms with Crippen molar-refractivity contribution in [1.29, 1.82) is 0 Å². The van der Waals surface area contributed by atoms with E-state index in [0.717, 1.165) is 31.1 Å². The molecule has 1 unspecified atom stereocenters. The van der Waals surface area contributed by atoms with Crippen LogP contribution >= 0.6 is 0 Å². The Morgan fingerprint density at radius 2 is 1.81 bits per heavy atom. The van der Waals surface area contributed by atoms with Gasteiger partial charge in [0.15, 0.2) is 0 Å². The molecule has 0 aliphatic carbocycles. The maximum Gasteiger partial charge on any atom is 0.408 e. The fourth-order valence-electron chi connectivity index (χ4n) is 2.34. The van der Waals surface area contributed by atoms with Crippen molar-refractivity contribution in [1.82, 2.24) is 10.6 Å². The van der Waals surface area contributed by atoms with E-state index in [4.69, 9.17) is 4.74 Å². The van der Waals surface area contributed by atoms with Crippen molar-refractivity contribution in [2.75, 3.05) is 6.54 Å². The van der Waals surface area contributed by atoms with Crippen molar-refractivity contribution in [2.45, 2.75) is 65.0 Å². The molecule has 0 bridgehead atoms. The number of aldehydes is 1. The van der Waals surface area contributed by atoms with Gasteiger partial charge in [0.2, 0.25) is 5.91 Å². The van der Waals surface area contributed by atoms with E-state index in [0.29, 0.717) is 18.5 Å². The molecule has 0 aromatic heterocycles. The Kier molecular flexibility index (Phi) is 8.82. The first-order chi connectivity index (χ1) is 12.2. The van der Waals surface area contributed by atoms with Crippen molar-refractivity contribution in [3.05, 3.63) is 35.4 Å². The van der Waals surface area contributed by atoms with Gasteiger partial charge in [0.05, 0.1) is 0 Å². The molecule has 0 spiro atoms. The molecule has 1 aromatic carbocycles. The molecule has 6 heteroatoms. The molecular weight excluding hydrogens is 332 g/mol. The Hall–Kier alpha value is -2.37. The lowest BCUT2D eigenvalue weighted by atomic mass is 10.0. The monoisotopic (exact) mass is 362 g/mol. The van der Waals surface area contributed by atoms with E-state index < -0.39 is 17.7 Å². The predicted molar refractivity (Wildman–Crippen MR) is 101 cm³/mol. The van der Waals surface area contributed by atoms with Gasteiger partial charge in [-0.15, -0.1) is 0 Å². The molecule has 1 atom stereocenters. The van der Waals surface area contributed by atoms with Crippen LogP contribution in [0.1, 0.15) is 62.9 Å². The number of nitrogens with one attached hydrogen (secondary N) is 2. The maximum atomic E-state index is 12.5.